The molecule has 0 aliphatic rings. The number of furan rings is 1. The summed E-state index contributed by atoms with van der Waals surface area (Å²) in [4.78, 5) is 12.1. The van der Waals surface area contributed by atoms with Gasteiger partial charge in [-0.2, -0.15) is 0 Å². The van der Waals surface area contributed by atoms with E-state index in [1.54, 1.807) is 36.6 Å². The van der Waals surface area contributed by atoms with E-state index in [1.807, 2.05) is 34.9 Å². The molecule has 0 aliphatic carbocycles. The van der Waals surface area contributed by atoms with E-state index in [2.05, 4.69) is 4.74 Å². The highest BCUT2D eigenvalue weighted by Gasteiger charge is 2.31. The highest BCUT2D eigenvalue weighted by molar-refractivity contribution is 6.18. The number of carbonyl (C=O) groups is 1. The summed E-state index contributed by atoms with van der Waals surface area (Å²) in [5.41, 5.74) is 9.27. The number of alkyl halides is 3. The van der Waals surface area contributed by atoms with E-state index in [0.717, 1.165) is 32.9 Å². The molecule has 5 aromatic rings. The van der Waals surface area contributed by atoms with E-state index in [-0.39, 0.29) is 5.75 Å². The number of aromatic nitrogens is 1. The lowest BCUT2D eigenvalue weighted by molar-refractivity contribution is -0.274. The van der Waals surface area contributed by atoms with Crippen molar-refractivity contribution < 1.29 is 27.1 Å². The van der Waals surface area contributed by atoms with Crippen LogP contribution < -0.4 is 10.5 Å². The van der Waals surface area contributed by atoms with Crippen LogP contribution in [0.1, 0.15) is 15.9 Å². The SMILES string of the molecule is NC(=O)c1cccc2c1c1ccc(-c3ccco3)cc1n2Cc1ccc(OC(F)(F)F)cc1. The van der Waals surface area contributed by atoms with E-state index in [4.69, 9.17) is 10.2 Å². The number of benzene rings is 3. The number of rotatable bonds is 5. The van der Waals surface area contributed by atoms with Crippen molar-refractivity contribution in [3.8, 4) is 17.1 Å². The summed E-state index contributed by atoms with van der Waals surface area (Å²) in [6, 6.07) is 20.5. The number of nitrogens with zero attached hydrogens (tertiary/aromatic N) is 1. The van der Waals surface area contributed by atoms with Crippen molar-refractivity contribution in [2.45, 2.75) is 12.9 Å². The second kappa shape index (κ2) is 7.74. The standard InChI is InChI=1S/C25H17F3N2O3/c26-25(27,28)33-17-9-6-15(7-10-17)14-30-20-4-1-3-19(24(29)31)23(20)18-11-8-16(13-21(18)30)22-5-2-12-32-22/h1-13H,14H2,(H2,29,31). The Morgan fingerprint density at radius 1 is 0.970 bits per heavy atom. The molecule has 3 aromatic carbocycles. The number of primary amides is 1. The van der Waals surface area contributed by atoms with Crippen LogP contribution in [0.25, 0.3) is 33.1 Å². The van der Waals surface area contributed by atoms with E-state index in [9.17, 15) is 18.0 Å². The molecule has 0 bridgehead atoms. The van der Waals surface area contributed by atoms with Gasteiger partial charge in [-0.05, 0) is 48.0 Å². The van der Waals surface area contributed by atoms with Crippen molar-refractivity contribution in [1.82, 2.24) is 4.57 Å². The lowest BCUT2D eigenvalue weighted by atomic mass is 10.0. The number of hydrogen-bond acceptors (Lipinski definition) is 3. The number of hydrogen-bond donors (Lipinski definition) is 1. The van der Waals surface area contributed by atoms with Crippen molar-refractivity contribution in [2.24, 2.45) is 5.73 Å². The fourth-order valence-electron chi connectivity index (χ4n) is 4.10. The Kier molecular flexibility index (Phi) is 4.85. The monoisotopic (exact) mass is 450 g/mol. The molecule has 8 heteroatoms. The Hall–Kier alpha value is -4.20. The van der Waals surface area contributed by atoms with Crippen molar-refractivity contribution >= 4 is 27.7 Å². The van der Waals surface area contributed by atoms with Gasteiger partial charge in [-0.1, -0.05) is 30.3 Å². The summed E-state index contributed by atoms with van der Waals surface area (Å²) < 4.78 is 48.9. The van der Waals surface area contributed by atoms with E-state index >= 15 is 0 Å². The Morgan fingerprint density at radius 2 is 1.76 bits per heavy atom. The summed E-state index contributed by atoms with van der Waals surface area (Å²) in [7, 11) is 0. The molecule has 0 fully saturated rings. The Labute approximate surface area is 185 Å². The number of ether oxygens (including phenoxy) is 1. The third-order valence-corrected chi connectivity index (χ3v) is 5.46. The van der Waals surface area contributed by atoms with Crippen LogP contribution in [0, 0.1) is 0 Å². The van der Waals surface area contributed by atoms with Gasteiger partial charge in [-0.3, -0.25) is 4.79 Å². The fourth-order valence-corrected chi connectivity index (χ4v) is 4.10. The molecule has 5 nitrogen and oxygen atoms in total. The minimum absolute atomic E-state index is 0.287. The van der Waals surface area contributed by atoms with Gasteiger partial charge in [-0.15, -0.1) is 13.2 Å². The van der Waals surface area contributed by atoms with Crippen LogP contribution >= 0.6 is 0 Å². The molecule has 2 heterocycles. The molecular weight excluding hydrogens is 433 g/mol. The Balaban J connectivity index is 1.66. The fraction of sp³-hybridized carbons (Fsp3) is 0.0800. The van der Waals surface area contributed by atoms with Crippen molar-refractivity contribution in [3.63, 3.8) is 0 Å². The zero-order valence-electron chi connectivity index (χ0n) is 17.1. The van der Waals surface area contributed by atoms with Gasteiger partial charge in [0.2, 0.25) is 5.91 Å². The maximum Gasteiger partial charge on any atom is 0.573 e. The zero-order chi connectivity index (χ0) is 23.2. The normalized spacial score (nSPS) is 11.8. The van der Waals surface area contributed by atoms with Gasteiger partial charge in [-0.25, -0.2) is 0 Å². The van der Waals surface area contributed by atoms with Crippen LogP contribution in [-0.4, -0.2) is 16.8 Å². The minimum atomic E-state index is -4.75. The molecule has 2 aromatic heterocycles. The van der Waals surface area contributed by atoms with Gasteiger partial charge in [0.15, 0.2) is 0 Å². The van der Waals surface area contributed by atoms with Gasteiger partial charge in [0.05, 0.1) is 17.3 Å². The van der Waals surface area contributed by atoms with E-state index < -0.39 is 12.3 Å². The van der Waals surface area contributed by atoms with Crippen LogP contribution in [0.2, 0.25) is 0 Å². The van der Waals surface area contributed by atoms with Gasteiger partial charge in [0, 0.05) is 28.4 Å². The first kappa shape index (κ1) is 20.7. The zero-order valence-corrected chi connectivity index (χ0v) is 17.1. The Bertz CT molecular complexity index is 1470. The average molecular weight is 450 g/mol. The van der Waals surface area contributed by atoms with Crippen LogP contribution in [0.4, 0.5) is 13.2 Å². The predicted molar refractivity (Wildman–Crippen MR) is 118 cm³/mol. The van der Waals surface area contributed by atoms with Gasteiger partial charge in [0.25, 0.3) is 0 Å². The molecule has 0 atom stereocenters. The van der Waals surface area contributed by atoms with Crippen molar-refractivity contribution in [1.29, 1.82) is 0 Å². The molecule has 33 heavy (non-hydrogen) atoms. The van der Waals surface area contributed by atoms with Crippen LogP contribution in [0.5, 0.6) is 5.75 Å². The van der Waals surface area contributed by atoms with Gasteiger partial charge in [0.1, 0.15) is 11.5 Å². The summed E-state index contributed by atoms with van der Waals surface area (Å²) in [6.07, 6.45) is -3.16. The number of amides is 1. The second-order valence-corrected chi connectivity index (χ2v) is 7.55. The van der Waals surface area contributed by atoms with Gasteiger partial charge < -0.3 is 19.5 Å². The van der Waals surface area contributed by atoms with E-state index in [0.29, 0.717) is 17.9 Å². The minimum Gasteiger partial charge on any atom is -0.464 e. The molecule has 0 spiro atoms. The summed E-state index contributed by atoms with van der Waals surface area (Å²) in [5.74, 6) is -0.134. The molecule has 0 aliphatic heterocycles. The number of fused-ring (bicyclic) bond motifs is 3. The first-order chi connectivity index (χ1) is 15.8. The molecule has 166 valence electrons. The quantitative estimate of drug-likeness (QED) is 0.352. The number of carbonyl (C=O) groups excluding carboxylic acids is 1. The predicted octanol–water partition coefficient (Wildman–Crippen LogP) is 6.10. The molecule has 0 radical (unpaired) electrons. The smallest absolute Gasteiger partial charge is 0.464 e. The van der Waals surface area contributed by atoms with Crippen LogP contribution in [0.3, 0.4) is 0 Å². The molecule has 0 unspecified atom stereocenters. The maximum atomic E-state index is 12.5. The third-order valence-electron chi connectivity index (χ3n) is 5.46. The highest BCUT2D eigenvalue weighted by Crippen LogP contribution is 2.35. The lowest BCUT2D eigenvalue weighted by Gasteiger charge is -2.11. The topological polar surface area (TPSA) is 70.4 Å². The lowest BCUT2D eigenvalue weighted by Crippen LogP contribution is -2.17. The third kappa shape index (κ3) is 3.91. The first-order valence-corrected chi connectivity index (χ1v) is 10.0. The molecule has 5 rings (SSSR count). The second-order valence-electron chi connectivity index (χ2n) is 7.55. The number of nitrogens with two attached hydrogens (primary N) is 1. The summed E-state index contributed by atoms with van der Waals surface area (Å²) in [5, 5.41) is 1.56. The summed E-state index contributed by atoms with van der Waals surface area (Å²) in [6.45, 7) is 0.357. The molecular formula is C25H17F3N2O3. The average Bonchev–Trinajstić information content (AvgIpc) is 3.41. The largest absolute Gasteiger partial charge is 0.573 e. The molecule has 0 saturated heterocycles. The van der Waals surface area contributed by atoms with Crippen LogP contribution in [0.15, 0.2) is 83.5 Å². The Morgan fingerprint density at radius 3 is 2.42 bits per heavy atom. The van der Waals surface area contributed by atoms with Crippen molar-refractivity contribution in [2.75, 3.05) is 0 Å². The van der Waals surface area contributed by atoms with Gasteiger partial charge >= 0.3 is 6.36 Å². The first-order valence-electron chi connectivity index (χ1n) is 10.0. The highest BCUT2D eigenvalue weighted by atomic mass is 19.4. The molecule has 0 saturated carbocycles. The summed E-state index contributed by atoms with van der Waals surface area (Å²) >= 11 is 0. The van der Waals surface area contributed by atoms with Crippen LogP contribution in [-0.2, 0) is 6.54 Å². The number of halogens is 3. The molecule has 2 N–H and O–H groups in total. The van der Waals surface area contributed by atoms with E-state index in [1.165, 1.54) is 12.1 Å². The maximum absolute atomic E-state index is 12.5. The molecule has 1 amide bonds. The van der Waals surface area contributed by atoms with Crippen molar-refractivity contribution in [3.05, 3.63) is 90.2 Å².